The van der Waals surface area contributed by atoms with E-state index in [1.807, 2.05) is 0 Å². The number of likely N-dealkylation sites (tertiary alicyclic amines) is 1. The first kappa shape index (κ1) is 13.9. The second kappa shape index (κ2) is 6.59. The van der Waals surface area contributed by atoms with E-state index in [2.05, 4.69) is 46.3 Å². The molecule has 20 heavy (non-hydrogen) atoms. The highest BCUT2D eigenvalue weighted by Gasteiger charge is 2.18. The maximum Gasteiger partial charge on any atom is 0.0412 e. The number of benzene rings is 1. The zero-order valence-electron chi connectivity index (χ0n) is 12.6. The maximum absolute atomic E-state index is 3.61. The molecule has 2 aliphatic rings. The molecule has 1 unspecified atom stereocenters. The van der Waals surface area contributed by atoms with E-state index in [4.69, 9.17) is 0 Å². The van der Waals surface area contributed by atoms with Crippen molar-refractivity contribution in [2.75, 3.05) is 37.6 Å². The van der Waals surface area contributed by atoms with E-state index in [1.54, 1.807) is 0 Å². The van der Waals surface area contributed by atoms with Crippen LogP contribution in [0.2, 0.25) is 0 Å². The van der Waals surface area contributed by atoms with Crippen LogP contribution in [0.3, 0.4) is 0 Å². The van der Waals surface area contributed by atoms with E-state index < -0.39 is 0 Å². The lowest BCUT2D eigenvalue weighted by Crippen LogP contribution is -2.37. The van der Waals surface area contributed by atoms with E-state index in [0.29, 0.717) is 6.04 Å². The molecule has 3 nitrogen and oxygen atoms in total. The third-order valence-electron chi connectivity index (χ3n) is 4.57. The summed E-state index contributed by atoms with van der Waals surface area (Å²) in [4.78, 5) is 5.20. The molecule has 110 valence electrons. The summed E-state index contributed by atoms with van der Waals surface area (Å²) >= 11 is 0. The second-order valence-electron chi connectivity index (χ2n) is 6.26. The topological polar surface area (TPSA) is 18.5 Å². The van der Waals surface area contributed by atoms with Crippen LogP contribution in [0.25, 0.3) is 0 Å². The molecule has 1 aromatic rings. The summed E-state index contributed by atoms with van der Waals surface area (Å²) in [5.41, 5.74) is 2.88. The van der Waals surface area contributed by atoms with Crippen molar-refractivity contribution in [1.82, 2.24) is 10.2 Å². The number of nitrogens with one attached hydrogen (secondary N) is 1. The van der Waals surface area contributed by atoms with Gasteiger partial charge in [-0.3, -0.25) is 0 Å². The minimum atomic E-state index is 0.564. The molecular formula is C17H27N3. The zero-order valence-corrected chi connectivity index (χ0v) is 12.6. The predicted octanol–water partition coefficient (Wildman–Crippen LogP) is 2.47. The van der Waals surface area contributed by atoms with Gasteiger partial charge in [-0.2, -0.15) is 0 Å². The third-order valence-corrected chi connectivity index (χ3v) is 4.57. The summed E-state index contributed by atoms with van der Waals surface area (Å²) in [6, 6.07) is 9.43. The zero-order chi connectivity index (χ0) is 13.8. The Hall–Kier alpha value is -1.06. The monoisotopic (exact) mass is 273 g/mol. The number of fused-ring (bicyclic) bond motifs is 1. The number of nitrogens with zero attached hydrogens (tertiary/aromatic N) is 2. The quantitative estimate of drug-likeness (QED) is 0.909. The van der Waals surface area contributed by atoms with E-state index in [1.165, 1.54) is 56.7 Å². The van der Waals surface area contributed by atoms with Gasteiger partial charge in [0.05, 0.1) is 0 Å². The molecule has 2 aliphatic heterocycles. The molecule has 0 aromatic heterocycles. The number of hydrogen-bond donors (Lipinski definition) is 1. The molecule has 1 aromatic carbocycles. The summed E-state index contributed by atoms with van der Waals surface area (Å²) in [6.07, 6.45) is 4.07. The molecule has 3 rings (SSSR count). The highest BCUT2D eigenvalue weighted by Crippen LogP contribution is 2.23. The van der Waals surface area contributed by atoms with Crippen LogP contribution in [-0.2, 0) is 6.54 Å². The van der Waals surface area contributed by atoms with Crippen molar-refractivity contribution in [1.29, 1.82) is 0 Å². The Kier molecular flexibility index (Phi) is 4.58. The molecule has 0 aliphatic carbocycles. The van der Waals surface area contributed by atoms with Gasteiger partial charge in [-0.1, -0.05) is 18.2 Å². The molecule has 1 fully saturated rings. The van der Waals surface area contributed by atoms with Crippen molar-refractivity contribution in [3.8, 4) is 0 Å². The van der Waals surface area contributed by atoms with Crippen molar-refractivity contribution in [3.63, 3.8) is 0 Å². The average molecular weight is 273 g/mol. The lowest BCUT2D eigenvalue weighted by Gasteiger charge is -2.27. The van der Waals surface area contributed by atoms with Crippen molar-refractivity contribution in [2.24, 2.45) is 0 Å². The summed E-state index contributed by atoms with van der Waals surface area (Å²) in [7, 11) is 0. The van der Waals surface area contributed by atoms with Gasteiger partial charge in [0, 0.05) is 31.4 Å². The second-order valence-corrected chi connectivity index (χ2v) is 6.26. The summed E-state index contributed by atoms with van der Waals surface area (Å²) in [5, 5.41) is 3.61. The molecule has 1 atom stereocenters. The number of hydrogen-bond acceptors (Lipinski definition) is 3. The number of anilines is 1. The minimum Gasteiger partial charge on any atom is -0.370 e. The molecule has 0 amide bonds. The van der Waals surface area contributed by atoms with Gasteiger partial charge in [-0.25, -0.2) is 0 Å². The molecule has 0 bridgehead atoms. The SMILES string of the molecule is CC1CN(CCCN2CCCC2)c2ccccc2CN1. The molecule has 0 saturated carbocycles. The van der Waals surface area contributed by atoms with Crippen molar-refractivity contribution >= 4 is 5.69 Å². The fourth-order valence-corrected chi connectivity index (χ4v) is 3.45. The highest BCUT2D eigenvalue weighted by molar-refractivity contribution is 5.54. The van der Waals surface area contributed by atoms with Crippen molar-refractivity contribution in [2.45, 2.75) is 38.8 Å². The Morgan fingerprint density at radius 2 is 1.95 bits per heavy atom. The van der Waals surface area contributed by atoms with E-state index in [9.17, 15) is 0 Å². The van der Waals surface area contributed by atoms with Gasteiger partial charge in [0.2, 0.25) is 0 Å². The first-order valence-corrected chi connectivity index (χ1v) is 8.11. The van der Waals surface area contributed by atoms with Gasteiger partial charge in [0.25, 0.3) is 0 Å². The van der Waals surface area contributed by atoms with Crippen LogP contribution in [-0.4, -0.2) is 43.7 Å². The Balaban J connectivity index is 1.61. The lowest BCUT2D eigenvalue weighted by molar-refractivity contribution is 0.334. The third kappa shape index (κ3) is 3.33. The fraction of sp³-hybridized carbons (Fsp3) is 0.647. The van der Waals surface area contributed by atoms with Gasteiger partial charge in [0.1, 0.15) is 0 Å². The first-order chi connectivity index (χ1) is 9.83. The molecule has 0 radical (unpaired) electrons. The van der Waals surface area contributed by atoms with Gasteiger partial charge >= 0.3 is 0 Å². The van der Waals surface area contributed by atoms with Crippen LogP contribution in [0.15, 0.2) is 24.3 Å². The van der Waals surface area contributed by atoms with E-state index in [-0.39, 0.29) is 0 Å². The lowest BCUT2D eigenvalue weighted by atomic mass is 10.1. The molecule has 2 heterocycles. The molecule has 1 N–H and O–H groups in total. The first-order valence-electron chi connectivity index (χ1n) is 8.11. The molecule has 1 saturated heterocycles. The van der Waals surface area contributed by atoms with Gasteiger partial charge in [-0.15, -0.1) is 0 Å². The van der Waals surface area contributed by atoms with E-state index >= 15 is 0 Å². The number of rotatable bonds is 4. The molecule has 3 heteroatoms. The van der Waals surface area contributed by atoms with Crippen LogP contribution in [0.1, 0.15) is 31.7 Å². The molecule has 0 spiro atoms. The minimum absolute atomic E-state index is 0.564. The smallest absolute Gasteiger partial charge is 0.0412 e. The largest absolute Gasteiger partial charge is 0.370 e. The normalized spacial score (nSPS) is 23.6. The standard InChI is InChI=1S/C17H27N3/c1-15-14-20(12-6-11-19-9-4-5-10-19)17-8-3-2-7-16(17)13-18-15/h2-3,7-8,15,18H,4-6,9-14H2,1H3. The van der Waals surface area contributed by atoms with Crippen LogP contribution in [0, 0.1) is 0 Å². The van der Waals surface area contributed by atoms with Gasteiger partial charge in [0.15, 0.2) is 0 Å². The average Bonchev–Trinajstić information content (AvgIpc) is 2.92. The fourth-order valence-electron chi connectivity index (χ4n) is 3.45. The van der Waals surface area contributed by atoms with E-state index in [0.717, 1.165) is 13.1 Å². The summed E-state index contributed by atoms with van der Waals surface area (Å²) < 4.78 is 0. The van der Waals surface area contributed by atoms with Crippen LogP contribution >= 0.6 is 0 Å². The Morgan fingerprint density at radius 3 is 2.80 bits per heavy atom. The van der Waals surface area contributed by atoms with Crippen molar-refractivity contribution < 1.29 is 0 Å². The predicted molar refractivity (Wildman–Crippen MR) is 85.2 cm³/mol. The van der Waals surface area contributed by atoms with Crippen molar-refractivity contribution in [3.05, 3.63) is 29.8 Å². The molecular weight excluding hydrogens is 246 g/mol. The number of para-hydroxylation sites is 1. The Labute approximate surface area is 123 Å². The van der Waals surface area contributed by atoms with Gasteiger partial charge < -0.3 is 15.1 Å². The van der Waals surface area contributed by atoms with Crippen LogP contribution in [0.5, 0.6) is 0 Å². The van der Waals surface area contributed by atoms with Gasteiger partial charge in [-0.05, 0) is 57.5 Å². The Bertz CT molecular complexity index is 426. The van der Waals surface area contributed by atoms with Crippen LogP contribution in [0.4, 0.5) is 5.69 Å². The summed E-state index contributed by atoms with van der Waals surface area (Å²) in [5.74, 6) is 0. The summed E-state index contributed by atoms with van der Waals surface area (Å²) in [6.45, 7) is 9.49. The maximum atomic E-state index is 3.61. The van der Waals surface area contributed by atoms with Crippen LogP contribution < -0.4 is 10.2 Å². The Morgan fingerprint density at radius 1 is 1.15 bits per heavy atom. The highest BCUT2D eigenvalue weighted by atomic mass is 15.2.